The Balaban J connectivity index is 2.23. The highest BCUT2D eigenvalue weighted by atomic mass is 19.4. The Morgan fingerprint density at radius 2 is 1.71 bits per heavy atom. The van der Waals surface area contributed by atoms with Crippen molar-refractivity contribution in [2.75, 3.05) is 5.73 Å². The van der Waals surface area contributed by atoms with Crippen LogP contribution in [0.15, 0.2) is 30.6 Å². The van der Waals surface area contributed by atoms with Crippen molar-refractivity contribution in [2.24, 2.45) is 12.8 Å². The second-order valence-corrected chi connectivity index (χ2v) is 7.17. The first-order valence-electron chi connectivity index (χ1n) is 9.35. The van der Waals surface area contributed by atoms with Crippen LogP contribution in [-0.2, 0) is 27.0 Å². The molecule has 4 N–H and O–H groups in total. The summed E-state index contributed by atoms with van der Waals surface area (Å²) >= 11 is 0. The number of anilines is 1. The Labute approximate surface area is 191 Å². The average Bonchev–Trinajstić information content (AvgIpc) is 3.17. The van der Waals surface area contributed by atoms with Crippen LogP contribution in [0.3, 0.4) is 0 Å². The molecule has 0 aliphatic rings. The van der Waals surface area contributed by atoms with Crippen LogP contribution in [0.2, 0.25) is 0 Å². The fourth-order valence-corrected chi connectivity index (χ4v) is 3.10. The third-order valence-corrected chi connectivity index (χ3v) is 4.79. The van der Waals surface area contributed by atoms with Gasteiger partial charge in [0.2, 0.25) is 0 Å². The molecule has 2 aromatic heterocycles. The standard InChI is InChI=1S/C19H15F6N7O3/c1-8-3-4-9(17(15(27)33,19(23,24)25)35-16(34)18(20,21)22)5-10(8)11-6-28-14(26)13(30-11)12-7-29-32(2)31-12/h3-7H,1-2H3,(H2,26,28)(H2,27,33). The van der Waals surface area contributed by atoms with Gasteiger partial charge in [0.25, 0.3) is 5.91 Å². The summed E-state index contributed by atoms with van der Waals surface area (Å²) in [4.78, 5) is 32.7. The lowest BCUT2D eigenvalue weighted by Crippen LogP contribution is -2.57. The van der Waals surface area contributed by atoms with E-state index < -0.39 is 35.4 Å². The summed E-state index contributed by atoms with van der Waals surface area (Å²) in [5, 5.41) is 7.88. The van der Waals surface area contributed by atoms with E-state index in [1.807, 2.05) is 0 Å². The average molecular weight is 503 g/mol. The SMILES string of the molecule is Cc1ccc(C(OC(=O)C(F)(F)F)(C(N)=O)C(F)(F)F)cc1-c1cnc(N)c(-c2cnn(C)n2)n1. The van der Waals surface area contributed by atoms with Crippen LogP contribution in [0.4, 0.5) is 32.2 Å². The van der Waals surface area contributed by atoms with E-state index in [0.29, 0.717) is 12.1 Å². The predicted octanol–water partition coefficient (Wildman–Crippen LogP) is 2.18. The number of alkyl halides is 6. The zero-order chi connectivity index (χ0) is 26.3. The monoisotopic (exact) mass is 503 g/mol. The molecule has 0 bridgehead atoms. The van der Waals surface area contributed by atoms with Crippen molar-refractivity contribution in [3.05, 3.63) is 41.7 Å². The number of primary amides is 1. The van der Waals surface area contributed by atoms with Gasteiger partial charge in [-0.25, -0.2) is 14.8 Å². The summed E-state index contributed by atoms with van der Waals surface area (Å²) < 4.78 is 84.1. The Morgan fingerprint density at radius 3 is 2.23 bits per heavy atom. The van der Waals surface area contributed by atoms with Crippen LogP contribution in [-0.4, -0.2) is 49.2 Å². The summed E-state index contributed by atoms with van der Waals surface area (Å²) in [5.74, 6) is -5.74. The van der Waals surface area contributed by atoms with E-state index in [1.165, 1.54) is 25.0 Å². The first kappa shape index (κ1) is 25.4. The Hall–Kier alpha value is -4.24. The van der Waals surface area contributed by atoms with E-state index in [0.717, 1.165) is 12.3 Å². The molecule has 16 heteroatoms. The number of amides is 1. The molecule has 0 fully saturated rings. The fourth-order valence-electron chi connectivity index (χ4n) is 3.10. The van der Waals surface area contributed by atoms with Gasteiger partial charge in [-0.3, -0.25) is 4.79 Å². The largest absolute Gasteiger partial charge is 0.490 e. The zero-order valence-corrected chi connectivity index (χ0v) is 17.8. The lowest BCUT2D eigenvalue weighted by atomic mass is 9.88. The highest BCUT2D eigenvalue weighted by molar-refractivity contribution is 5.90. The first-order valence-corrected chi connectivity index (χ1v) is 9.35. The lowest BCUT2D eigenvalue weighted by Gasteiger charge is -2.33. The minimum absolute atomic E-state index is 0.0147. The molecule has 10 nitrogen and oxygen atoms in total. The molecule has 0 saturated carbocycles. The quantitative estimate of drug-likeness (QED) is 0.397. The van der Waals surface area contributed by atoms with Gasteiger partial charge < -0.3 is 16.2 Å². The molecule has 0 aliphatic carbocycles. The Kier molecular flexibility index (Phi) is 6.18. The minimum Gasteiger partial charge on any atom is -0.427 e. The molecule has 1 unspecified atom stereocenters. The molecule has 3 rings (SSSR count). The summed E-state index contributed by atoms with van der Waals surface area (Å²) in [6, 6.07) is 2.39. The lowest BCUT2D eigenvalue weighted by molar-refractivity contribution is -0.280. The molecule has 0 aliphatic heterocycles. The van der Waals surface area contributed by atoms with E-state index in [2.05, 4.69) is 24.9 Å². The van der Waals surface area contributed by atoms with Crippen LogP contribution >= 0.6 is 0 Å². The van der Waals surface area contributed by atoms with Gasteiger partial charge in [-0.2, -0.15) is 41.3 Å². The van der Waals surface area contributed by atoms with E-state index in [9.17, 15) is 35.9 Å². The zero-order valence-electron chi connectivity index (χ0n) is 17.8. The third kappa shape index (κ3) is 4.58. The maximum absolute atomic E-state index is 14.0. The number of halogens is 6. The molecule has 0 saturated heterocycles. The Morgan fingerprint density at radius 1 is 1.06 bits per heavy atom. The fraction of sp³-hybridized carbons (Fsp3) is 0.263. The van der Waals surface area contributed by atoms with Gasteiger partial charge in [-0.1, -0.05) is 12.1 Å². The van der Waals surface area contributed by atoms with Gasteiger partial charge >= 0.3 is 23.9 Å². The van der Waals surface area contributed by atoms with E-state index in [1.54, 1.807) is 0 Å². The molecule has 1 atom stereocenters. The molecule has 0 spiro atoms. The number of nitrogens with two attached hydrogens (primary N) is 2. The summed E-state index contributed by atoms with van der Waals surface area (Å²) in [6.07, 6.45) is -9.31. The molecule has 35 heavy (non-hydrogen) atoms. The van der Waals surface area contributed by atoms with Crippen molar-refractivity contribution < 1.29 is 40.7 Å². The number of nitrogen functional groups attached to an aromatic ring is 1. The number of nitrogens with zero attached hydrogens (tertiary/aromatic N) is 5. The van der Waals surface area contributed by atoms with Crippen molar-refractivity contribution in [1.82, 2.24) is 25.0 Å². The number of aromatic nitrogens is 5. The van der Waals surface area contributed by atoms with Crippen molar-refractivity contribution in [3.8, 4) is 22.6 Å². The number of aryl methyl sites for hydroxylation is 2. The van der Waals surface area contributed by atoms with Crippen molar-refractivity contribution in [1.29, 1.82) is 0 Å². The summed E-state index contributed by atoms with van der Waals surface area (Å²) in [6.45, 7) is 1.44. The predicted molar refractivity (Wildman–Crippen MR) is 106 cm³/mol. The van der Waals surface area contributed by atoms with Crippen LogP contribution in [0.25, 0.3) is 22.6 Å². The number of hydrogen-bond acceptors (Lipinski definition) is 8. The van der Waals surface area contributed by atoms with Gasteiger partial charge in [0.05, 0.1) is 18.1 Å². The minimum atomic E-state index is -5.86. The van der Waals surface area contributed by atoms with Crippen LogP contribution < -0.4 is 11.5 Å². The molecule has 2 heterocycles. The molecule has 1 amide bonds. The number of ether oxygens (including phenoxy) is 1. The van der Waals surface area contributed by atoms with Gasteiger partial charge in [0.1, 0.15) is 11.4 Å². The molecular weight excluding hydrogens is 488 g/mol. The van der Waals surface area contributed by atoms with Gasteiger partial charge in [-0.15, -0.1) is 0 Å². The van der Waals surface area contributed by atoms with Crippen LogP contribution in [0.5, 0.6) is 0 Å². The summed E-state index contributed by atoms with van der Waals surface area (Å²) in [7, 11) is 1.51. The van der Waals surface area contributed by atoms with Gasteiger partial charge in [-0.05, 0) is 18.6 Å². The molecule has 3 aromatic rings. The second kappa shape index (κ2) is 8.52. The molecular formula is C19H15F6N7O3. The first-order chi connectivity index (χ1) is 16.1. The number of esters is 1. The van der Waals surface area contributed by atoms with Crippen molar-refractivity contribution >= 4 is 17.7 Å². The van der Waals surface area contributed by atoms with Gasteiger partial charge in [0, 0.05) is 18.2 Å². The number of benzene rings is 1. The summed E-state index contributed by atoms with van der Waals surface area (Å²) in [5.41, 5.74) is 5.33. The number of carbonyl (C=O) groups is 2. The van der Waals surface area contributed by atoms with Crippen LogP contribution in [0, 0.1) is 6.92 Å². The van der Waals surface area contributed by atoms with E-state index in [4.69, 9.17) is 11.5 Å². The maximum Gasteiger partial charge on any atom is 0.490 e. The molecule has 1 aromatic carbocycles. The third-order valence-electron chi connectivity index (χ3n) is 4.79. The second-order valence-electron chi connectivity index (χ2n) is 7.17. The number of hydrogen-bond donors (Lipinski definition) is 2. The topological polar surface area (TPSA) is 152 Å². The normalized spacial score (nSPS) is 13.8. The van der Waals surface area contributed by atoms with Gasteiger partial charge in [0.15, 0.2) is 5.82 Å². The van der Waals surface area contributed by atoms with Crippen molar-refractivity contribution in [2.45, 2.75) is 24.9 Å². The highest BCUT2D eigenvalue weighted by Gasteiger charge is 2.66. The number of carbonyl (C=O) groups excluding carboxylic acids is 2. The van der Waals surface area contributed by atoms with E-state index in [-0.39, 0.29) is 34.0 Å². The number of rotatable bonds is 5. The maximum atomic E-state index is 14.0. The highest BCUT2D eigenvalue weighted by Crippen LogP contribution is 2.45. The molecule has 0 radical (unpaired) electrons. The van der Waals surface area contributed by atoms with Crippen molar-refractivity contribution in [3.63, 3.8) is 0 Å². The molecule has 186 valence electrons. The van der Waals surface area contributed by atoms with Crippen LogP contribution in [0.1, 0.15) is 11.1 Å². The Bertz CT molecular complexity index is 1300. The van der Waals surface area contributed by atoms with E-state index >= 15 is 0 Å². The smallest absolute Gasteiger partial charge is 0.427 e.